The molecule has 0 aliphatic carbocycles. The molecular weight excluding hydrogens is 262 g/mol. The third-order valence-electron chi connectivity index (χ3n) is 3.32. The fraction of sp³-hybridized carbons (Fsp3) is 0.471. The van der Waals surface area contributed by atoms with Crippen LogP contribution in [-0.4, -0.2) is 21.9 Å². The van der Waals surface area contributed by atoms with Crippen LogP contribution in [0.1, 0.15) is 32.0 Å². The Bertz CT molecular complexity index is 569. The lowest BCUT2D eigenvalue weighted by atomic mass is 10.1. The number of hydrogen-bond donors (Lipinski definition) is 1. The van der Waals surface area contributed by atoms with Gasteiger partial charge in [0, 0.05) is 43.0 Å². The Morgan fingerprint density at radius 1 is 1.19 bits per heavy atom. The lowest BCUT2D eigenvalue weighted by Gasteiger charge is -2.21. The molecule has 0 aliphatic heterocycles. The molecule has 114 valence electrons. The first-order valence-electron chi connectivity index (χ1n) is 7.38. The minimum Gasteiger partial charge on any atom is -0.493 e. The van der Waals surface area contributed by atoms with Crippen molar-refractivity contribution >= 4 is 0 Å². The molecule has 0 spiro atoms. The van der Waals surface area contributed by atoms with Gasteiger partial charge in [0.25, 0.3) is 0 Å². The van der Waals surface area contributed by atoms with Gasteiger partial charge in [-0.3, -0.25) is 4.68 Å². The highest BCUT2D eigenvalue weighted by Gasteiger charge is 2.10. The molecule has 2 aromatic rings. The zero-order valence-corrected chi connectivity index (χ0v) is 13.4. The van der Waals surface area contributed by atoms with E-state index in [-0.39, 0.29) is 5.54 Å². The average molecular weight is 287 g/mol. The Morgan fingerprint density at radius 2 is 1.95 bits per heavy atom. The summed E-state index contributed by atoms with van der Waals surface area (Å²) in [6.45, 7) is 7.97. The lowest BCUT2D eigenvalue weighted by molar-refractivity contribution is 0.312. The van der Waals surface area contributed by atoms with Crippen molar-refractivity contribution in [2.24, 2.45) is 7.05 Å². The number of ether oxygens (including phenoxy) is 1. The summed E-state index contributed by atoms with van der Waals surface area (Å²) in [6.07, 6.45) is 2.67. The molecule has 1 aromatic carbocycles. The molecule has 21 heavy (non-hydrogen) atoms. The second kappa shape index (κ2) is 6.76. The summed E-state index contributed by atoms with van der Waals surface area (Å²) in [5.41, 5.74) is 2.47. The Kier molecular flexibility index (Phi) is 5.02. The zero-order chi connectivity index (χ0) is 15.3. The van der Waals surface area contributed by atoms with Gasteiger partial charge in [-0.05, 0) is 32.9 Å². The topological polar surface area (TPSA) is 39.1 Å². The quantitative estimate of drug-likeness (QED) is 0.888. The Hall–Kier alpha value is -1.81. The highest BCUT2D eigenvalue weighted by atomic mass is 16.5. The molecule has 0 bridgehead atoms. The van der Waals surface area contributed by atoms with E-state index >= 15 is 0 Å². The highest BCUT2D eigenvalue weighted by Crippen LogP contribution is 2.19. The second-order valence-electron chi connectivity index (χ2n) is 6.26. The van der Waals surface area contributed by atoms with Crippen molar-refractivity contribution < 1.29 is 4.74 Å². The Labute approximate surface area is 127 Å². The van der Waals surface area contributed by atoms with Gasteiger partial charge in [-0.15, -0.1) is 0 Å². The molecule has 0 amide bonds. The predicted molar refractivity (Wildman–Crippen MR) is 85.4 cm³/mol. The molecule has 4 nitrogen and oxygen atoms in total. The van der Waals surface area contributed by atoms with E-state index in [1.165, 1.54) is 11.3 Å². The van der Waals surface area contributed by atoms with Crippen LogP contribution in [0.15, 0.2) is 36.5 Å². The maximum Gasteiger partial charge on any atom is 0.123 e. The molecule has 4 heteroatoms. The minimum absolute atomic E-state index is 0.0990. The molecule has 0 saturated heterocycles. The number of hydrogen-bond acceptors (Lipinski definition) is 3. The van der Waals surface area contributed by atoms with Crippen LogP contribution in [0.4, 0.5) is 0 Å². The summed E-state index contributed by atoms with van der Waals surface area (Å²) < 4.78 is 7.83. The smallest absolute Gasteiger partial charge is 0.123 e. The third kappa shape index (κ3) is 4.90. The van der Waals surface area contributed by atoms with Gasteiger partial charge in [0.2, 0.25) is 0 Å². The molecule has 2 rings (SSSR count). The standard InChI is InChI=1S/C17H25N3O/c1-17(2,3)18-13-14-7-5-6-8-16(14)21-12-10-15-9-11-19-20(15)4/h5-9,11,18H,10,12-13H2,1-4H3. The summed E-state index contributed by atoms with van der Waals surface area (Å²) >= 11 is 0. The van der Waals surface area contributed by atoms with Crippen molar-refractivity contribution in [3.8, 4) is 5.75 Å². The van der Waals surface area contributed by atoms with Gasteiger partial charge in [0.1, 0.15) is 5.75 Å². The molecule has 0 unspecified atom stereocenters. The number of aryl methyl sites for hydroxylation is 1. The number of para-hydroxylation sites is 1. The van der Waals surface area contributed by atoms with E-state index in [1.54, 1.807) is 0 Å². The van der Waals surface area contributed by atoms with Gasteiger partial charge >= 0.3 is 0 Å². The van der Waals surface area contributed by atoms with Crippen LogP contribution in [0.25, 0.3) is 0 Å². The van der Waals surface area contributed by atoms with E-state index in [0.29, 0.717) is 6.61 Å². The molecule has 0 aliphatic rings. The van der Waals surface area contributed by atoms with E-state index in [2.05, 4.69) is 37.3 Å². The third-order valence-corrected chi connectivity index (χ3v) is 3.32. The van der Waals surface area contributed by atoms with Crippen molar-refractivity contribution in [2.45, 2.75) is 39.3 Å². The van der Waals surface area contributed by atoms with Gasteiger partial charge in [0.15, 0.2) is 0 Å². The maximum absolute atomic E-state index is 5.95. The zero-order valence-electron chi connectivity index (χ0n) is 13.4. The van der Waals surface area contributed by atoms with Gasteiger partial charge in [-0.1, -0.05) is 18.2 Å². The van der Waals surface area contributed by atoms with E-state index in [4.69, 9.17) is 4.74 Å². The molecule has 1 aromatic heterocycles. The van der Waals surface area contributed by atoms with Crippen LogP contribution in [0.5, 0.6) is 5.75 Å². The first-order valence-corrected chi connectivity index (χ1v) is 7.38. The second-order valence-corrected chi connectivity index (χ2v) is 6.26. The number of nitrogens with one attached hydrogen (secondary N) is 1. The summed E-state index contributed by atoms with van der Waals surface area (Å²) in [4.78, 5) is 0. The van der Waals surface area contributed by atoms with Crippen molar-refractivity contribution in [1.29, 1.82) is 0 Å². The van der Waals surface area contributed by atoms with E-state index < -0.39 is 0 Å². The highest BCUT2D eigenvalue weighted by molar-refractivity contribution is 5.33. The normalized spacial score (nSPS) is 11.6. The van der Waals surface area contributed by atoms with Crippen LogP contribution >= 0.6 is 0 Å². The molecule has 0 saturated carbocycles. The average Bonchev–Trinajstić information content (AvgIpc) is 2.82. The Morgan fingerprint density at radius 3 is 2.62 bits per heavy atom. The molecule has 1 heterocycles. The SMILES string of the molecule is Cn1nccc1CCOc1ccccc1CNC(C)(C)C. The molecule has 1 N–H and O–H groups in total. The number of aromatic nitrogens is 2. The summed E-state index contributed by atoms with van der Waals surface area (Å²) in [5, 5.41) is 7.66. The fourth-order valence-electron chi connectivity index (χ4n) is 2.06. The maximum atomic E-state index is 5.95. The van der Waals surface area contributed by atoms with Crippen molar-refractivity contribution in [3.05, 3.63) is 47.8 Å². The number of nitrogens with zero attached hydrogens (tertiary/aromatic N) is 2. The Balaban J connectivity index is 1.92. The van der Waals surface area contributed by atoms with Gasteiger partial charge in [-0.25, -0.2) is 0 Å². The van der Waals surface area contributed by atoms with Crippen LogP contribution < -0.4 is 10.1 Å². The van der Waals surface area contributed by atoms with Crippen molar-refractivity contribution in [2.75, 3.05) is 6.61 Å². The molecule has 0 radical (unpaired) electrons. The summed E-state index contributed by atoms with van der Waals surface area (Å²) in [7, 11) is 1.95. The van der Waals surface area contributed by atoms with Crippen LogP contribution in [0, 0.1) is 0 Å². The predicted octanol–water partition coefficient (Wildman–Crippen LogP) is 2.93. The van der Waals surface area contributed by atoms with Gasteiger partial charge < -0.3 is 10.1 Å². The van der Waals surface area contributed by atoms with Crippen LogP contribution in [0.3, 0.4) is 0 Å². The first-order chi connectivity index (χ1) is 9.96. The monoisotopic (exact) mass is 287 g/mol. The van der Waals surface area contributed by atoms with Crippen molar-refractivity contribution in [1.82, 2.24) is 15.1 Å². The largest absolute Gasteiger partial charge is 0.493 e. The molecule has 0 fully saturated rings. The van der Waals surface area contributed by atoms with E-state index in [1.807, 2.05) is 42.2 Å². The van der Waals surface area contributed by atoms with E-state index in [0.717, 1.165) is 18.7 Å². The molecular formula is C17H25N3O. The van der Waals surface area contributed by atoms with Crippen molar-refractivity contribution in [3.63, 3.8) is 0 Å². The molecule has 0 atom stereocenters. The number of rotatable bonds is 6. The fourth-order valence-corrected chi connectivity index (χ4v) is 2.06. The number of benzene rings is 1. The lowest BCUT2D eigenvalue weighted by Crippen LogP contribution is -2.35. The van der Waals surface area contributed by atoms with E-state index in [9.17, 15) is 0 Å². The first kappa shape index (κ1) is 15.6. The van der Waals surface area contributed by atoms with Gasteiger partial charge in [0.05, 0.1) is 6.61 Å². The van der Waals surface area contributed by atoms with Gasteiger partial charge in [-0.2, -0.15) is 5.10 Å². The summed E-state index contributed by atoms with van der Waals surface area (Å²) in [6, 6.07) is 10.2. The van der Waals surface area contributed by atoms with Crippen LogP contribution in [-0.2, 0) is 20.0 Å². The van der Waals surface area contributed by atoms with Crippen LogP contribution in [0.2, 0.25) is 0 Å². The minimum atomic E-state index is 0.0990. The summed E-state index contributed by atoms with van der Waals surface area (Å²) in [5.74, 6) is 0.955.